The van der Waals surface area contributed by atoms with Gasteiger partial charge in [-0.1, -0.05) is 0 Å². The number of aromatic nitrogens is 1. The summed E-state index contributed by atoms with van der Waals surface area (Å²) >= 11 is 1.45. The van der Waals surface area contributed by atoms with Crippen LogP contribution in [0.25, 0.3) is 0 Å². The fourth-order valence-electron chi connectivity index (χ4n) is 0.907. The number of anilines is 1. The molecule has 0 aliphatic rings. The zero-order valence-corrected chi connectivity index (χ0v) is 8.11. The number of nitrogens with two attached hydrogens (primary N) is 1. The van der Waals surface area contributed by atoms with E-state index in [0.29, 0.717) is 5.13 Å². The van der Waals surface area contributed by atoms with E-state index in [1.165, 1.54) is 11.3 Å². The van der Waals surface area contributed by atoms with E-state index >= 15 is 0 Å². The first-order chi connectivity index (χ1) is 6.84. The molecular weight excluding hydrogens is 196 g/mol. The second-order valence-corrected chi connectivity index (χ2v) is 3.48. The van der Waals surface area contributed by atoms with Crippen LogP contribution in [-0.2, 0) is 0 Å². The average molecular weight is 204 g/mol. The van der Waals surface area contributed by atoms with Crippen LogP contribution in [0.2, 0.25) is 0 Å². The molecule has 0 saturated carbocycles. The van der Waals surface area contributed by atoms with Gasteiger partial charge in [0.05, 0.1) is 5.69 Å². The lowest BCUT2D eigenvalue weighted by Gasteiger charge is -1.92. The van der Waals surface area contributed by atoms with E-state index in [2.05, 4.69) is 15.2 Å². The van der Waals surface area contributed by atoms with E-state index in [1.54, 1.807) is 18.3 Å². The van der Waals surface area contributed by atoms with Crippen LogP contribution >= 0.6 is 11.3 Å². The molecule has 0 aliphatic carbocycles. The van der Waals surface area contributed by atoms with Gasteiger partial charge < -0.3 is 5.73 Å². The lowest BCUT2D eigenvalue weighted by atomic mass is 10.3. The predicted octanol–water partition coefficient (Wildman–Crippen LogP) is 3.14. The van der Waals surface area contributed by atoms with Crippen LogP contribution in [0.15, 0.2) is 46.1 Å². The van der Waals surface area contributed by atoms with Gasteiger partial charge in [-0.2, -0.15) is 0 Å². The van der Waals surface area contributed by atoms with Crippen molar-refractivity contribution in [2.45, 2.75) is 0 Å². The minimum Gasteiger partial charge on any atom is -0.399 e. The van der Waals surface area contributed by atoms with E-state index in [1.807, 2.05) is 17.5 Å². The fraction of sp³-hybridized carbons (Fsp3) is 0. The van der Waals surface area contributed by atoms with E-state index < -0.39 is 0 Å². The summed E-state index contributed by atoms with van der Waals surface area (Å²) in [6, 6.07) is 7.20. The molecule has 1 aromatic heterocycles. The highest BCUT2D eigenvalue weighted by atomic mass is 32.1. The average Bonchev–Trinajstić information content (AvgIpc) is 2.70. The van der Waals surface area contributed by atoms with Crippen molar-refractivity contribution < 1.29 is 0 Å². The number of hydrogen-bond acceptors (Lipinski definition) is 5. The molecule has 0 spiro atoms. The SMILES string of the molecule is Nc1ccc(/N=N/c2nccs2)cc1. The van der Waals surface area contributed by atoms with Crippen LogP contribution in [0.5, 0.6) is 0 Å². The first kappa shape index (κ1) is 8.83. The van der Waals surface area contributed by atoms with Crippen LogP contribution < -0.4 is 5.73 Å². The van der Waals surface area contributed by atoms with Gasteiger partial charge in [0.1, 0.15) is 0 Å². The topological polar surface area (TPSA) is 63.6 Å². The Kier molecular flexibility index (Phi) is 2.51. The van der Waals surface area contributed by atoms with Crippen molar-refractivity contribution in [3.05, 3.63) is 35.8 Å². The van der Waals surface area contributed by atoms with E-state index in [4.69, 9.17) is 5.73 Å². The Morgan fingerprint density at radius 1 is 1.14 bits per heavy atom. The fourth-order valence-corrected chi connectivity index (χ4v) is 1.36. The third kappa shape index (κ3) is 2.14. The van der Waals surface area contributed by atoms with Gasteiger partial charge in [-0.3, -0.25) is 0 Å². The largest absolute Gasteiger partial charge is 0.399 e. The molecule has 0 aliphatic heterocycles. The highest BCUT2D eigenvalue weighted by molar-refractivity contribution is 7.13. The molecule has 0 amide bonds. The molecule has 70 valence electrons. The quantitative estimate of drug-likeness (QED) is 0.603. The number of thiazole rings is 1. The molecule has 0 saturated heterocycles. The Hall–Kier alpha value is -1.75. The zero-order valence-electron chi connectivity index (χ0n) is 7.29. The summed E-state index contributed by atoms with van der Waals surface area (Å²) in [5.41, 5.74) is 7.03. The monoisotopic (exact) mass is 204 g/mol. The van der Waals surface area contributed by atoms with Gasteiger partial charge in [0.2, 0.25) is 5.13 Å². The second kappa shape index (κ2) is 3.97. The van der Waals surface area contributed by atoms with Crippen LogP contribution in [0.1, 0.15) is 0 Å². The standard InChI is InChI=1S/C9H8N4S/c10-7-1-3-8(4-2-7)12-13-9-11-5-6-14-9/h1-6H,10H2/b13-12+. The number of rotatable bonds is 2. The van der Waals surface area contributed by atoms with Gasteiger partial charge in [-0.15, -0.1) is 21.6 Å². The lowest BCUT2D eigenvalue weighted by Crippen LogP contribution is -1.80. The van der Waals surface area contributed by atoms with Crippen molar-refractivity contribution >= 4 is 27.8 Å². The van der Waals surface area contributed by atoms with Gasteiger partial charge in [0.15, 0.2) is 0 Å². The van der Waals surface area contributed by atoms with E-state index in [0.717, 1.165) is 11.4 Å². The number of nitrogens with zero attached hydrogens (tertiary/aromatic N) is 3. The molecule has 2 aromatic rings. The summed E-state index contributed by atoms with van der Waals surface area (Å²) in [6.45, 7) is 0. The maximum Gasteiger partial charge on any atom is 0.229 e. The smallest absolute Gasteiger partial charge is 0.229 e. The van der Waals surface area contributed by atoms with Crippen LogP contribution in [0, 0.1) is 0 Å². The third-order valence-electron chi connectivity index (χ3n) is 1.56. The Bertz CT molecular complexity index is 419. The second-order valence-electron chi connectivity index (χ2n) is 2.61. The number of nitrogen functional groups attached to an aromatic ring is 1. The van der Waals surface area contributed by atoms with Crippen LogP contribution in [-0.4, -0.2) is 4.98 Å². The Morgan fingerprint density at radius 3 is 2.57 bits per heavy atom. The molecule has 0 atom stereocenters. The van der Waals surface area contributed by atoms with Gasteiger partial charge >= 0.3 is 0 Å². The van der Waals surface area contributed by atoms with Gasteiger partial charge in [-0.05, 0) is 24.3 Å². The molecule has 1 heterocycles. The molecule has 2 N–H and O–H groups in total. The van der Waals surface area contributed by atoms with Crippen molar-refractivity contribution in [2.24, 2.45) is 10.2 Å². The van der Waals surface area contributed by atoms with Crippen molar-refractivity contribution in [2.75, 3.05) is 5.73 Å². The number of benzene rings is 1. The number of azo groups is 1. The summed E-state index contributed by atoms with van der Waals surface area (Å²) in [7, 11) is 0. The first-order valence-electron chi connectivity index (χ1n) is 4.01. The highest BCUT2D eigenvalue weighted by Gasteiger charge is 1.91. The van der Waals surface area contributed by atoms with Gasteiger partial charge in [0.25, 0.3) is 0 Å². The predicted molar refractivity (Wildman–Crippen MR) is 57.1 cm³/mol. The molecule has 0 bridgehead atoms. The van der Waals surface area contributed by atoms with Crippen molar-refractivity contribution in [1.29, 1.82) is 0 Å². The molecule has 0 radical (unpaired) electrons. The van der Waals surface area contributed by atoms with Crippen LogP contribution in [0.4, 0.5) is 16.5 Å². The lowest BCUT2D eigenvalue weighted by molar-refractivity contribution is 1.20. The first-order valence-corrected chi connectivity index (χ1v) is 4.89. The third-order valence-corrected chi connectivity index (χ3v) is 2.22. The van der Waals surface area contributed by atoms with Gasteiger partial charge in [0, 0.05) is 17.3 Å². The maximum atomic E-state index is 5.53. The molecule has 2 rings (SSSR count). The van der Waals surface area contributed by atoms with E-state index in [9.17, 15) is 0 Å². The molecule has 0 unspecified atom stereocenters. The van der Waals surface area contributed by atoms with Crippen molar-refractivity contribution in [3.63, 3.8) is 0 Å². The maximum absolute atomic E-state index is 5.53. The van der Waals surface area contributed by atoms with Crippen LogP contribution in [0.3, 0.4) is 0 Å². The summed E-state index contributed by atoms with van der Waals surface area (Å²) in [5, 5.41) is 10.5. The highest BCUT2D eigenvalue weighted by Crippen LogP contribution is 2.20. The summed E-state index contributed by atoms with van der Waals surface area (Å²) in [4.78, 5) is 3.98. The molecular formula is C9H8N4S. The van der Waals surface area contributed by atoms with E-state index in [-0.39, 0.29) is 0 Å². The van der Waals surface area contributed by atoms with Gasteiger partial charge in [-0.25, -0.2) is 4.98 Å². The Morgan fingerprint density at radius 2 is 1.93 bits per heavy atom. The molecule has 14 heavy (non-hydrogen) atoms. The molecule has 4 nitrogen and oxygen atoms in total. The van der Waals surface area contributed by atoms with Crippen molar-refractivity contribution in [3.8, 4) is 0 Å². The molecule has 0 fully saturated rings. The summed E-state index contributed by atoms with van der Waals surface area (Å²) in [6.07, 6.45) is 1.70. The minimum absolute atomic E-state index is 0.654. The number of hydrogen-bond donors (Lipinski definition) is 1. The molecule has 5 heteroatoms. The normalized spacial score (nSPS) is 10.9. The zero-order chi connectivity index (χ0) is 9.80. The molecule has 1 aromatic carbocycles. The van der Waals surface area contributed by atoms with Crippen molar-refractivity contribution in [1.82, 2.24) is 4.98 Å². The minimum atomic E-state index is 0.654. The summed E-state index contributed by atoms with van der Waals surface area (Å²) < 4.78 is 0. The Labute approximate surface area is 85.1 Å². The Balaban J connectivity index is 2.15. The summed E-state index contributed by atoms with van der Waals surface area (Å²) in [5.74, 6) is 0.